The van der Waals surface area contributed by atoms with Gasteiger partial charge < -0.3 is 20.5 Å². The number of hydrogen-bond donors (Lipinski definition) is 3. The Bertz CT molecular complexity index is 721. The molecular formula is C17H19ClN2O4S. The van der Waals surface area contributed by atoms with Gasteiger partial charge in [0.25, 0.3) is 0 Å². The van der Waals surface area contributed by atoms with Crippen molar-refractivity contribution < 1.29 is 19.4 Å². The van der Waals surface area contributed by atoms with Crippen LogP contribution in [0.25, 0.3) is 0 Å². The number of aliphatic hydroxyl groups is 1. The van der Waals surface area contributed by atoms with Crippen molar-refractivity contribution in [3.63, 3.8) is 0 Å². The number of aryl methyl sites for hydroxylation is 1. The summed E-state index contributed by atoms with van der Waals surface area (Å²) < 4.78 is 5.51. The van der Waals surface area contributed by atoms with Gasteiger partial charge in [0.05, 0.1) is 13.2 Å². The quantitative estimate of drug-likeness (QED) is 0.642. The van der Waals surface area contributed by atoms with Gasteiger partial charge in [-0.2, -0.15) is 0 Å². The van der Waals surface area contributed by atoms with E-state index in [1.165, 1.54) is 11.3 Å². The Labute approximate surface area is 154 Å². The van der Waals surface area contributed by atoms with E-state index in [1.54, 1.807) is 18.2 Å². The van der Waals surface area contributed by atoms with E-state index in [-0.39, 0.29) is 19.8 Å². The highest BCUT2D eigenvalue weighted by Gasteiger charge is 2.18. The Hall–Kier alpha value is -1.93. The van der Waals surface area contributed by atoms with Gasteiger partial charge in [0.1, 0.15) is 6.10 Å². The number of amides is 2. The molecule has 0 unspecified atom stereocenters. The summed E-state index contributed by atoms with van der Waals surface area (Å²) >= 11 is 7.47. The second-order valence-corrected chi connectivity index (χ2v) is 6.61. The Morgan fingerprint density at radius 1 is 1.32 bits per heavy atom. The zero-order chi connectivity index (χ0) is 18.2. The highest BCUT2D eigenvalue weighted by Crippen LogP contribution is 2.22. The fourth-order valence-corrected chi connectivity index (χ4v) is 2.99. The number of ether oxygens (including phenoxy) is 1. The average Bonchev–Trinajstić information content (AvgIpc) is 3.12. The van der Waals surface area contributed by atoms with Crippen molar-refractivity contribution in [2.45, 2.75) is 13.0 Å². The maximum absolute atomic E-state index is 12.0. The normalized spacial score (nSPS) is 11.8. The molecule has 134 valence electrons. The molecule has 25 heavy (non-hydrogen) atoms. The predicted octanol–water partition coefficient (Wildman–Crippen LogP) is 2.51. The van der Waals surface area contributed by atoms with E-state index < -0.39 is 17.9 Å². The van der Waals surface area contributed by atoms with Gasteiger partial charge in [-0.05, 0) is 36.1 Å². The molecule has 0 fully saturated rings. The molecule has 2 aromatic rings. The van der Waals surface area contributed by atoms with Gasteiger partial charge in [0.15, 0.2) is 0 Å². The summed E-state index contributed by atoms with van der Waals surface area (Å²) in [4.78, 5) is 24.9. The molecule has 8 heteroatoms. The van der Waals surface area contributed by atoms with E-state index in [2.05, 4.69) is 10.6 Å². The molecule has 3 N–H and O–H groups in total. The lowest BCUT2D eigenvalue weighted by Gasteiger charge is -2.16. The van der Waals surface area contributed by atoms with Crippen molar-refractivity contribution in [1.82, 2.24) is 5.32 Å². The molecule has 0 aliphatic carbocycles. The first kappa shape index (κ1) is 19.4. The first-order valence-corrected chi connectivity index (χ1v) is 8.88. The van der Waals surface area contributed by atoms with E-state index >= 15 is 0 Å². The van der Waals surface area contributed by atoms with Crippen LogP contribution in [0.2, 0.25) is 5.02 Å². The smallest absolute Gasteiger partial charge is 0.313 e. The molecule has 2 amide bonds. The molecule has 0 spiro atoms. The van der Waals surface area contributed by atoms with Gasteiger partial charge in [-0.1, -0.05) is 23.7 Å². The van der Waals surface area contributed by atoms with Crippen LogP contribution in [-0.2, 0) is 14.3 Å². The maximum Gasteiger partial charge on any atom is 0.313 e. The van der Waals surface area contributed by atoms with Gasteiger partial charge in [0.2, 0.25) is 0 Å². The van der Waals surface area contributed by atoms with E-state index in [0.29, 0.717) is 10.7 Å². The summed E-state index contributed by atoms with van der Waals surface area (Å²) in [6.45, 7) is 2.00. The van der Waals surface area contributed by atoms with Crippen molar-refractivity contribution in [3.05, 3.63) is 51.2 Å². The average molecular weight is 383 g/mol. The number of rotatable bonds is 7. The third-order valence-corrected chi connectivity index (χ3v) is 4.73. The Morgan fingerprint density at radius 3 is 2.76 bits per heavy atom. The third-order valence-electron chi connectivity index (χ3n) is 3.35. The summed E-state index contributed by atoms with van der Waals surface area (Å²) in [7, 11) is 0. The van der Waals surface area contributed by atoms with E-state index in [4.69, 9.17) is 21.4 Å². The largest absolute Gasteiger partial charge is 0.394 e. The fraction of sp³-hybridized carbons (Fsp3) is 0.294. The maximum atomic E-state index is 12.0. The molecule has 1 heterocycles. The molecule has 0 saturated heterocycles. The molecule has 0 aliphatic heterocycles. The molecule has 0 bridgehead atoms. The molecule has 0 saturated carbocycles. The van der Waals surface area contributed by atoms with Crippen LogP contribution in [0.15, 0.2) is 35.7 Å². The topological polar surface area (TPSA) is 87.7 Å². The van der Waals surface area contributed by atoms with Crippen molar-refractivity contribution >= 4 is 40.4 Å². The number of halogens is 1. The van der Waals surface area contributed by atoms with Crippen molar-refractivity contribution in [1.29, 1.82) is 0 Å². The standard InChI is InChI=1S/C17H19ClN2O4S/c1-11-4-5-12(9-13(11)18)20-17(23)16(22)19-10-14(24-7-6-21)15-3-2-8-25-15/h2-5,8-9,14,21H,6-7,10H2,1H3,(H,19,22)(H,20,23)/t14-/m1/s1. The molecule has 1 aromatic carbocycles. The summed E-state index contributed by atoms with van der Waals surface area (Å²) in [6.07, 6.45) is -0.419. The number of aliphatic hydroxyl groups excluding tert-OH is 1. The molecule has 0 radical (unpaired) electrons. The van der Waals surface area contributed by atoms with E-state index in [9.17, 15) is 9.59 Å². The predicted molar refractivity (Wildman–Crippen MR) is 97.9 cm³/mol. The SMILES string of the molecule is Cc1ccc(NC(=O)C(=O)NC[C@@H](OCCO)c2cccs2)cc1Cl. The number of nitrogens with one attached hydrogen (secondary N) is 2. The molecule has 1 aromatic heterocycles. The number of carbonyl (C=O) groups excluding carboxylic acids is 2. The lowest BCUT2D eigenvalue weighted by Crippen LogP contribution is -2.38. The number of thiophene rings is 1. The van der Waals surface area contributed by atoms with Crippen LogP contribution in [0.4, 0.5) is 5.69 Å². The van der Waals surface area contributed by atoms with Gasteiger partial charge in [-0.15, -0.1) is 11.3 Å². The minimum Gasteiger partial charge on any atom is -0.394 e. The van der Waals surface area contributed by atoms with Gasteiger partial charge >= 0.3 is 11.8 Å². The van der Waals surface area contributed by atoms with Gasteiger partial charge in [-0.25, -0.2) is 0 Å². The Morgan fingerprint density at radius 2 is 2.12 bits per heavy atom. The zero-order valence-electron chi connectivity index (χ0n) is 13.6. The van der Waals surface area contributed by atoms with Gasteiger partial charge in [0, 0.05) is 22.1 Å². The molecular weight excluding hydrogens is 364 g/mol. The Kier molecular flexibility index (Phi) is 7.39. The first-order chi connectivity index (χ1) is 12.0. The summed E-state index contributed by atoms with van der Waals surface area (Å²) in [5.41, 5.74) is 1.33. The minimum absolute atomic E-state index is 0.121. The third kappa shape index (κ3) is 5.82. The molecule has 6 nitrogen and oxygen atoms in total. The van der Waals surface area contributed by atoms with Crippen LogP contribution < -0.4 is 10.6 Å². The van der Waals surface area contributed by atoms with Crippen LogP contribution in [-0.4, -0.2) is 36.7 Å². The second-order valence-electron chi connectivity index (χ2n) is 5.23. The lowest BCUT2D eigenvalue weighted by molar-refractivity contribution is -0.136. The minimum atomic E-state index is -0.785. The fourth-order valence-electron chi connectivity index (χ4n) is 2.04. The number of carbonyl (C=O) groups is 2. The number of hydrogen-bond acceptors (Lipinski definition) is 5. The van der Waals surface area contributed by atoms with Crippen molar-refractivity contribution in [2.75, 3.05) is 25.1 Å². The van der Waals surface area contributed by atoms with Gasteiger partial charge in [-0.3, -0.25) is 9.59 Å². The Balaban J connectivity index is 1.90. The molecule has 1 atom stereocenters. The molecule has 0 aliphatic rings. The summed E-state index contributed by atoms with van der Waals surface area (Å²) in [5, 5.41) is 16.3. The van der Waals surface area contributed by atoms with Crippen LogP contribution in [0, 0.1) is 6.92 Å². The van der Waals surface area contributed by atoms with Crippen LogP contribution in [0.1, 0.15) is 16.5 Å². The summed E-state index contributed by atoms with van der Waals surface area (Å²) in [5.74, 6) is -1.56. The van der Waals surface area contributed by atoms with Crippen LogP contribution in [0.3, 0.4) is 0 Å². The lowest BCUT2D eigenvalue weighted by atomic mass is 10.2. The first-order valence-electron chi connectivity index (χ1n) is 7.62. The number of benzene rings is 1. The van der Waals surface area contributed by atoms with Crippen molar-refractivity contribution in [3.8, 4) is 0 Å². The molecule has 2 rings (SSSR count). The van der Waals surface area contributed by atoms with E-state index in [0.717, 1.165) is 10.4 Å². The van der Waals surface area contributed by atoms with Crippen molar-refractivity contribution in [2.24, 2.45) is 0 Å². The van der Waals surface area contributed by atoms with E-state index in [1.807, 2.05) is 24.4 Å². The highest BCUT2D eigenvalue weighted by molar-refractivity contribution is 7.10. The number of anilines is 1. The van der Waals surface area contributed by atoms with Crippen LogP contribution in [0.5, 0.6) is 0 Å². The monoisotopic (exact) mass is 382 g/mol. The highest BCUT2D eigenvalue weighted by atomic mass is 35.5. The zero-order valence-corrected chi connectivity index (χ0v) is 15.2. The second kappa shape index (κ2) is 9.53. The summed E-state index contributed by atoms with van der Waals surface area (Å²) in [6, 6.07) is 8.75. The van der Waals surface area contributed by atoms with Crippen LogP contribution >= 0.6 is 22.9 Å².